The van der Waals surface area contributed by atoms with Crippen molar-refractivity contribution in [2.75, 3.05) is 32.7 Å². The lowest BCUT2D eigenvalue weighted by Gasteiger charge is -2.42. The maximum Gasteiger partial charge on any atom is 0.0278 e. The minimum Gasteiger partial charge on any atom is -0.330 e. The first-order valence-electron chi connectivity index (χ1n) is 4.82. The van der Waals surface area contributed by atoms with E-state index in [2.05, 4.69) is 24.1 Å². The molecule has 0 bridgehead atoms. The summed E-state index contributed by atoms with van der Waals surface area (Å²) >= 11 is 0. The maximum atomic E-state index is 5.49. The molecule has 0 radical (unpaired) electrons. The highest BCUT2D eigenvalue weighted by atomic mass is 15.2. The van der Waals surface area contributed by atoms with Crippen molar-refractivity contribution in [1.82, 2.24) is 10.2 Å². The average Bonchev–Trinajstić information content (AvgIpc) is 2.02. The van der Waals surface area contributed by atoms with Gasteiger partial charge < -0.3 is 11.1 Å². The van der Waals surface area contributed by atoms with Gasteiger partial charge in [0.05, 0.1) is 0 Å². The Kier molecular flexibility index (Phi) is 3.50. The van der Waals surface area contributed by atoms with Crippen LogP contribution in [0.1, 0.15) is 20.3 Å². The Balaban J connectivity index is 2.37. The smallest absolute Gasteiger partial charge is 0.0278 e. The summed E-state index contributed by atoms with van der Waals surface area (Å²) in [7, 11) is 0. The van der Waals surface area contributed by atoms with Crippen molar-refractivity contribution in [3.8, 4) is 0 Å². The SMILES string of the molecule is CC1(C)CNCCN1CCCN. The Morgan fingerprint density at radius 3 is 2.83 bits per heavy atom. The molecule has 0 aliphatic carbocycles. The first-order valence-corrected chi connectivity index (χ1v) is 4.82. The summed E-state index contributed by atoms with van der Waals surface area (Å²) in [5, 5.41) is 3.41. The number of nitrogens with two attached hydrogens (primary N) is 1. The number of rotatable bonds is 3. The van der Waals surface area contributed by atoms with Gasteiger partial charge in [0.15, 0.2) is 0 Å². The van der Waals surface area contributed by atoms with E-state index in [0.29, 0.717) is 5.54 Å². The monoisotopic (exact) mass is 171 g/mol. The number of hydrogen-bond acceptors (Lipinski definition) is 3. The van der Waals surface area contributed by atoms with Crippen LogP contribution in [0.15, 0.2) is 0 Å². The Morgan fingerprint density at radius 2 is 2.25 bits per heavy atom. The van der Waals surface area contributed by atoms with Gasteiger partial charge in [-0.2, -0.15) is 0 Å². The second-order valence-corrected chi connectivity index (χ2v) is 4.12. The third-order valence-electron chi connectivity index (χ3n) is 2.60. The van der Waals surface area contributed by atoms with E-state index in [1.165, 1.54) is 0 Å². The first-order chi connectivity index (χ1) is 5.67. The molecule has 1 saturated heterocycles. The number of piperazine rings is 1. The topological polar surface area (TPSA) is 41.3 Å². The van der Waals surface area contributed by atoms with Crippen LogP contribution < -0.4 is 11.1 Å². The van der Waals surface area contributed by atoms with Crippen molar-refractivity contribution >= 4 is 0 Å². The molecule has 72 valence electrons. The van der Waals surface area contributed by atoms with Crippen molar-refractivity contribution in [2.45, 2.75) is 25.8 Å². The summed E-state index contributed by atoms with van der Waals surface area (Å²) < 4.78 is 0. The van der Waals surface area contributed by atoms with Gasteiger partial charge in [-0.1, -0.05) is 0 Å². The standard InChI is InChI=1S/C9H21N3/c1-9(2)8-11-5-7-12(9)6-3-4-10/h11H,3-8,10H2,1-2H3. The predicted octanol–water partition coefficient (Wildman–Crippen LogP) is 0.0190. The van der Waals surface area contributed by atoms with E-state index in [9.17, 15) is 0 Å². The third-order valence-corrected chi connectivity index (χ3v) is 2.60. The predicted molar refractivity (Wildman–Crippen MR) is 52.2 cm³/mol. The second kappa shape index (κ2) is 4.21. The van der Waals surface area contributed by atoms with Crippen molar-refractivity contribution in [2.24, 2.45) is 5.73 Å². The van der Waals surface area contributed by atoms with E-state index in [4.69, 9.17) is 5.73 Å². The van der Waals surface area contributed by atoms with Gasteiger partial charge in [0, 0.05) is 25.2 Å². The Labute approximate surface area is 75.3 Å². The molecule has 1 rings (SSSR count). The molecule has 3 heteroatoms. The van der Waals surface area contributed by atoms with Crippen LogP contribution in [0, 0.1) is 0 Å². The first kappa shape index (κ1) is 9.96. The molecule has 1 aliphatic rings. The fraction of sp³-hybridized carbons (Fsp3) is 1.00. The highest BCUT2D eigenvalue weighted by Crippen LogP contribution is 2.15. The minimum absolute atomic E-state index is 0.313. The molecule has 1 aliphatic heterocycles. The van der Waals surface area contributed by atoms with Gasteiger partial charge in [0.2, 0.25) is 0 Å². The Hall–Kier alpha value is -0.120. The van der Waals surface area contributed by atoms with Crippen molar-refractivity contribution in [1.29, 1.82) is 0 Å². The van der Waals surface area contributed by atoms with Crippen molar-refractivity contribution in [3.63, 3.8) is 0 Å². The highest BCUT2D eigenvalue weighted by Gasteiger charge is 2.28. The summed E-state index contributed by atoms with van der Waals surface area (Å²) in [4.78, 5) is 2.52. The van der Waals surface area contributed by atoms with E-state index < -0.39 is 0 Å². The molecule has 1 fully saturated rings. The zero-order valence-electron chi connectivity index (χ0n) is 8.27. The zero-order chi connectivity index (χ0) is 9.03. The fourth-order valence-electron chi connectivity index (χ4n) is 1.72. The van der Waals surface area contributed by atoms with Gasteiger partial charge in [-0.25, -0.2) is 0 Å². The van der Waals surface area contributed by atoms with E-state index in [-0.39, 0.29) is 0 Å². The lowest BCUT2D eigenvalue weighted by Crippen LogP contribution is -2.58. The summed E-state index contributed by atoms with van der Waals surface area (Å²) in [6, 6.07) is 0. The molecule has 0 unspecified atom stereocenters. The molecule has 0 atom stereocenters. The molecule has 0 aromatic heterocycles. The molecule has 0 spiro atoms. The fourth-order valence-corrected chi connectivity index (χ4v) is 1.72. The van der Waals surface area contributed by atoms with Crippen molar-refractivity contribution < 1.29 is 0 Å². The van der Waals surface area contributed by atoms with Crippen LogP contribution in [0.25, 0.3) is 0 Å². The van der Waals surface area contributed by atoms with Gasteiger partial charge >= 0.3 is 0 Å². The van der Waals surface area contributed by atoms with Crippen LogP contribution in [0.4, 0.5) is 0 Å². The summed E-state index contributed by atoms with van der Waals surface area (Å²) in [6.07, 6.45) is 1.11. The quantitative estimate of drug-likeness (QED) is 0.629. The second-order valence-electron chi connectivity index (χ2n) is 4.12. The number of hydrogen-bond donors (Lipinski definition) is 2. The molecule has 12 heavy (non-hydrogen) atoms. The Morgan fingerprint density at radius 1 is 1.50 bits per heavy atom. The van der Waals surface area contributed by atoms with Crippen LogP contribution in [-0.2, 0) is 0 Å². The van der Waals surface area contributed by atoms with E-state index in [1.54, 1.807) is 0 Å². The third kappa shape index (κ3) is 2.44. The van der Waals surface area contributed by atoms with E-state index >= 15 is 0 Å². The van der Waals surface area contributed by atoms with Gasteiger partial charge in [-0.05, 0) is 33.4 Å². The van der Waals surface area contributed by atoms with Gasteiger partial charge in [0.25, 0.3) is 0 Å². The van der Waals surface area contributed by atoms with Gasteiger partial charge in [-0.3, -0.25) is 4.90 Å². The van der Waals surface area contributed by atoms with Gasteiger partial charge in [-0.15, -0.1) is 0 Å². The molecule has 3 N–H and O–H groups in total. The molecule has 0 aromatic rings. The maximum absolute atomic E-state index is 5.49. The van der Waals surface area contributed by atoms with Gasteiger partial charge in [0.1, 0.15) is 0 Å². The zero-order valence-corrected chi connectivity index (χ0v) is 8.27. The normalized spacial score (nSPS) is 24.2. The molecule has 3 nitrogen and oxygen atoms in total. The summed E-state index contributed by atoms with van der Waals surface area (Å²) in [6.45, 7) is 9.90. The van der Waals surface area contributed by atoms with E-state index in [1.807, 2.05) is 0 Å². The highest BCUT2D eigenvalue weighted by molar-refractivity contribution is 4.87. The number of nitrogens with zero attached hydrogens (tertiary/aromatic N) is 1. The van der Waals surface area contributed by atoms with Crippen LogP contribution in [-0.4, -0.2) is 43.2 Å². The Bertz CT molecular complexity index is 134. The molecule has 0 amide bonds. The summed E-state index contributed by atoms with van der Waals surface area (Å²) in [5.41, 5.74) is 5.80. The van der Waals surface area contributed by atoms with Crippen LogP contribution >= 0.6 is 0 Å². The van der Waals surface area contributed by atoms with Crippen LogP contribution in [0.2, 0.25) is 0 Å². The molecule has 0 aromatic carbocycles. The van der Waals surface area contributed by atoms with Crippen molar-refractivity contribution in [3.05, 3.63) is 0 Å². The number of nitrogens with one attached hydrogen (secondary N) is 1. The minimum atomic E-state index is 0.313. The van der Waals surface area contributed by atoms with E-state index in [0.717, 1.165) is 39.1 Å². The molecular formula is C9H21N3. The van der Waals surface area contributed by atoms with Crippen LogP contribution in [0.3, 0.4) is 0 Å². The summed E-state index contributed by atoms with van der Waals surface area (Å²) in [5.74, 6) is 0. The molecule has 0 saturated carbocycles. The average molecular weight is 171 g/mol. The lowest BCUT2D eigenvalue weighted by atomic mass is 10.00. The molecule has 1 heterocycles. The lowest BCUT2D eigenvalue weighted by molar-refractivity contribution is 0.0902. The van der Waals surface area contributed by atoms with Crippen LogP contribution in [0.5, 0.6) is 0 Å². The largest absolute Gasteiger partial charge is 0.330 e. The molecular weight excluding hydrogens is 150 g/mol.